The highest BCUT2D eigenvalue weighted by molar-refractivity contribution is 6.30. The summed E-state index contributed by atoms with van der Waals surface area (Å²) in [5.41, 5.74) is 6.30. The first kappa shape index (κ1) is 20.0. The molecule has 3 aromatic rings. The standard InChI is InChI=1S/C25H24ClN3O2/c26-21-5-1-17(2-6-21)23-9-10-27-14-20(23)15-28-11-12-29-22(16-28)7-3-18-13-19(25(30)31)4-8-24(18)29/h1-2,4-6,8-10,13-14,22H,3,7,11-12,15-16H2,(H,30,31)/t22-/m0/s1. The van der Waals surface area contributed by atoms with Crippen LogP contribution in [0.25, 0.3) is 11.1 Å². The van der Waals surface area contributed by atoms with E-state index in [0.29, 0.717) is 11.6 Å². The smallest absolute Gasteiger partial charge is 0.335 e. The van der Waals surface area contributed by atoms with E-state index in [1.807, 2.05) is 36.7 Å². The first-order chi connectivity index (χ1) is 15.1. The van der Waals surface area contributed by atoms with Crippen LogP contribution in [0.5, 0.6) is 0 Å². The first-order valence-corrected chi connectivity index (χ1v) is 11.0. The molecule has 5 rings (SSSR count). The third kappa shape index (κ3) is 4.03. The summed E-state index contributed by atoms with van der Waals surface area (Å²) in [6.07, 6.45) is 5.78. The Kier molecular flexibility index (Phi) is 5.38. The number of pyridine rings is 1. The maximum atomic E-state index is 11.3. The molecular formula is C25H24ClN3O2. The molecule has 0 saturated carbocycles. The summed E-state index contributed by atoms with van der Waals surface area (Å²) < 4.78 is 0. The van der Waals surface area contributed by atoms with Crippen LogP contribution >= 0.6 is 11.6 Å². The molecule has 1 aromatic heterocycles. The van der Waals surface area contributed by atoms with Gasteiger partial charge in [0, 0.05) is 55.3 Å². The van der Waals surface area contributed by atoms with Crippen molar-refractivity contribution in [2.75, 3.05) is 24.5 Å². The predicted molar refractivity (Wildman–Crippen MR) is 123 cm³/mol. The fourth-order valence-electron chi connectivity index (χ4n) is 4.85. The van der Waals surface area contributed by atoms with Gasteiger partial charge in [0.1, 0.15) is 0 Å². The van der Waals surface area contributed by atoms with Gasteiger partial charge in [-0.3, -0.25) is 9.88 Å². The number of carboxylic acids is 1. The van der Waals surface area contributed by atoms with Crippen LogP contribution in [0, 0.1) is 0 Å². The Morgan fingerprint density at radius 1 is 1.13 bits per heavy atom. The van der Waals surface area contributed by atoms with Crippen molar-refractivity contribution in [2.24, 2.45) is 0 Å². The molecule has 6 heteroatoms. The molecule has 2 aliphatic rings. The van der Waals surface area contributed by atoms with Crippen LogP contribution in [0.4, 0.5) is 5.69 Å². The predicted octanol–water partition coefficient (Wildman–Crippen LogP) is 4.74. The lowest BCUT2D eigenvalue weighted by Crippen LogP contribution is -2.54. The SMILES string of the molecule is O=C(O)c1ccc2c(c1)CC[C@H]1CN(Cc3cnccc3-c3ccc(Cl)cc3)CCN21. The van der Waals surface area contributed by atoms with Crippen LogP contribution < -0.4 is 4.90 Å². The van der Waals surface area contributed by atoms with Crippen LogP contribution in [0.3, 0.4) is 0 Å². The highest BCUT2D eigenvalue weighted by atomic mass is 35.5. The number of rotatable bonds is 4. The fraction of sp³-hybridized carbons (Fsp3) is 0.280. The average molecular weight is 434 g/mol. The summed E-state index contributed by atoms with van der Waals surface area (Å²) in [5, 5.41) is 10.0. The van der Waals surface area contributed by atoms with Crippen LogP contribution in [-0.2, 0) is 13.0 Å². The lowest BCUT2D eigenvalue weighted by Gasteiger charge is -2.46. The summed E-state index contributed by atoms with van der Waals surface area (Å²) in [4.78, 5) is 20.6. The van der Waals surface area contributed by atoms with Crippen molar-refractivity contribution in [1.29, 1.82) is 0 Å². The van der Waals surface area contributed by atoms with Crippen LogP contribution in [0.15, 0.2) is 60.9 Å². The number of aromatic carboxylic acids is 1. The molecule has 1 N–H and O–H groups in total. The molecule has 2 aliphatic heterocycles. The Bertz CT molecular complexity index is 1120. The molecule has 1 saturated heterocycles. The highest BCUT2D eigenvalue weighted by Gasteiger charge is 2.32. The van der Waals surface area contributed by atoms with Crippen molar-refractivity contribution in [1.82, 2.24) is 9.88 Å². The second kappa shape index (κ2) is 8.33. The van der Waals surface area contributed by atoms with Crippen molar-refractivity contribution in [2.45, 2.75) is 25.4 Å². The van der Waals surface area contributed by atoms with E-state index in [1.54, 1.807) is 6.07 Å². The Labute approximate surface area is 186 Å². The van der Waals surface area contributed by atoms with Crippen LogP contribution in [0.2, 0.25) is 5.02 Å². The van der Waals surface area contributed by atoms with E-state index >= 15 is 0 Å². The number of hydrogen-bond donors (Lipinski definition) is 1. The molecule has 3 heterocycles. The molecule has 0 aliphatic carbocycles. The van der Waals surface area contributed by atoms with Gasteiger partial charge in [0.25, 0.3) is 0 Å². The largest absolute Gasteiger partial charge is 0.478 e. The Morgan fingerprint density at radius 3 is 2.77 bits per heavy atom. The zero-order valence-corrected chi connectivity index (χ0v) is 17.9. The molecule has 1 atom stereocenters. The Balaban J connectivity index is 1.33. The number of aromatic nitrogens is 1. The lowest BCUT2D eigenvalue weighted by molar-refractivity contribution is 0.0696. The second-order valence-electron chi connectivity index (χ2n) is 8.31. The zero-order chi connectivity index (χ0) is 21.4. The molecule has 2 aromatic carbocycles. The van der Waals surface area contributed by atoms with E-state index < -0.39 is 5.97 Å². The van der Waals surface area contributed by atoms with E-state index in [0.717, 1.165) is 55.2 Å². The number of carboxylic acid groups (broad SMARTS) is 1. The third-order valence-corrected chi connectivity index (χ3v) is 6.65. The molecule has 0 bridgehead atoms. The van der Waals surface area contributed by atoms with Crippen molar-refractivity contribution >= 4 is 23.3 Å². The number of anilines is 1. The summed E-state index contributed by atoms with van der Waals surface area (Å²) in [6, 6.07) is 16.0. The number of hydrogen-bond acceptors (Lipinski definition) is 4. The minimum atomic E-state index is -0.859. The van der Waals surface area contributed by atoms with Gasteiger partial charge < -0.3 is 10.0 Å². The van der Waals surface area contributed by atoms with Gasteiger partial charge in [-0.2, -0.15) is 0 Å². The number of carbonyl (C=O) groups is 1. The molecule has 0 radical (unpaired) electrons. The molecule has 158 valence electrons. The maximum absolute atomic E-state index is 11.3. The van der Waals surface area contributed by atoms with Crippen molar-refractivity contribution < 1.29 is 9.90 Å². The van der Waals surface area contributed by atoms with Gasteiger partial charge in [-0.25, -0.2) is 4.79 Å². The minimum absolute atomic E-state index is 0.377. The third-order valence-electron chi connectivity index (χ3n) is 6.40. The van der Waals surface area contributed by atoms with Gasteiger partial charge in [0.15, 0.2) is 0 Å². The van der Waals surface area contributed by atoms with Crippen LogP contribution in [-0.4, -0.2) is 46.6 Å². The molecule has 5 nitrogen and oxygen atoms in total. The fourth-order valence-corrected chi connectivity index (χ4v) is 4.98. The maximum Gasteiger partial charge on any atom is 0.335 e. The number of aryl methyl sites for hydroxylation is 1. The van der Waals surface area contributed by atoms with Crippen LogP contribution in [0.1, 0.15) is 27.9 Å². The molecule has 31 heavy (non-hydrogen) atoms. The van der Waals surface area contributed by atoms with Gasteiger partial charge in [-0.15, -0.1) is 0 Å². The number of fused-ring (bicyclic) bond motifs is 3. The van der Waals surface area contributed by atoms with Gasteiger partial charge in [0.05, 0.1) is 5.56 Å². The summed E-state index contributed by atoms with van der Waals surface area (Å²) in [6.45, 7) is 3.77. The van der Waals surface area contributed by atoms with Gasteiger partial charge in [0.2, 0.25) is 0 Å². The first-order valence-electron chi connectivity index (χ1n) is 10.6. The van der Waals surface area contributed by atoms with E-state index in [-0.39, 0.29) is 0 Å². The van der Waals surface area contributed by atoms with Gasteiger partial charge >= 0.3 is 5.97 Å². The second-order valence-corrected chi connectivity index (χ2v) is 8.75. The zero-order valence-electron chi connectivity index (χ0n) is 17.2. The normalized spacial score (nSPS) is 18.4. The average Bonchev–Trinajstić information content (AvgIpc) is 2.79. The molecule has 1 fully saturated rings. The summed E-state index contributed by atoms with van der Waals surface area (Å²) in [7, 11) is 0. The van der Waals surface area contributed by atoms with Crippen molar-refractivity contribution in [3.8, 4) is 11.1 Å². The molecule has 0 spiro atoms. The van der Waals surface area contributed by atoms with E-state index in [1.165, 1.54) is 16.8 Å². The van der Waals surface area contributed by atoms with E-state index in [2.05, 4.69) is 33.0 Å². The van der Waals surface area contributed by atoms with E-state index in [9.17, 15) is 9.90 Å². The Morgan fingerprint density at radius 2 is 1.97 bits per heavy atom. The summed E-state index contributed by atoms with van der Waals surface area (Å²) in [5.74, 6) is -0.859. The summed E-state index contributed by atoms with van der Waals surface area (Å²) >= 11 is 6.07. The molecule has 0 amide bonds. The quantitative estimate of drug-likeness (QED) is 0.644. The number of piperazine rings is 1. The minimum Gasteiger partial charge on any atom is -0.478 e. The van der Waals surface area contributed by atoms with Gasteiger partial charge in [-0.05, 0) is 71.5 Å². The number of benzene rings is 2. The molecule has 0 unspecified atom stereocenters. The van der Waals surface area contributed by atoms with Crippen molar-refractivity contribution in [3.05, 3.63) is 82.6 Å². The van der Waals surface area contributed by atoms with Gasteiger partial charge in [-0.1, -0.05) is 23.7 Å². The topological polar surface area (TPSA) is 56.7 Å². The lowest BCUT2D eigenvalue weighted by atomic mass is 9.92. The monoisotopic (exact) mass is 433 g/mol. The number of halogens is 1. The van der Waals surface area contributed by atoms with Crippen molar-refractivity contribution in [3.63, 3.8) is 0 Å². The highest BCUT2D eigenvalue weighted by Crippen LogP contribution is 2.34. The van der Waals surface area contributed by atoms with E-state index in [4.69, 9.17) is 11.6 Å². The molecular weight excluding hydrogens is 410 g/mol. The number of nitrogens with zero attached hydrogens (tertiary/aromatic N) is 3. The Hall–Kier alpha value is -2.89.